The number of likely N-dealkylation sites (N-methyl/N-ethyl adjacent to an activating group) is 1. The van der Waals surface area contributed by atoms with Crippen LogP contribution in [0.2, 0.25) is 0 Å². The fraction of sp³-hybridized carbons (Fsp3) is 0.417. The monoisotopic (exact) mass is 444 g/mol. The summed E-state index contributed by atoms with van der Waals surface area (Å²) in [6, 6.07) is 11.8. The quantitative estimate of drug-likeness (QED) is 0.542. The summed E-state index contributed by atoms with van der Waals surface area (Å²) in [5.74, 6) is 1.70. The highest BCUT2D eigenvalue weighted by Gasteiger charge is 2.28. The number of carbonyl (C=O) groups excluding carboxylic acids is 2. The summed E-state index contributed by atoms with van der Waals surface area (Å²) in [5.41, 5.74) is 0.850. The van der Waals surface area contributed by atoms with E-state index in [1.807, 2.05) is 38.1 Å². The highest BCUT2D eigenvalue weighted by Crippen LogP contribution is 2.27. The van der Waals surface area contributed by atoms with Crippen LogP contribution in [0.1, 0.15) is 25.8 Å². The summed E-state index contributed by atoms with van der Waals surface area (Å²) < 4.78 is 21.5. The Morgan fingerprint density at radius 3 is 2.09 bits per heavy atom. The first kappa shape index (κ1) is 24.8. The van der Waals surface area contributed by atoms with E-state index in [-0.39, 0.29) is 25.0 Å². The van der Waals surface area contributed by atoms with Gasteiger partial charge >= 0.3 is 0 Å². The van der Waals surface area contributed by atoms with E-state index in [4.69, 9.17) is 18.9 Å². The van der Waals surface area contributed by atoms with Crippen molar-refractivity contribution in [3.63, 3.8) is 0 Å². The molecular weight excluding hydrogens is 412 g/mol. The van der Waals surface area contributed by atoms with Crippen molar-refractivity contribution >= 4 is 11.8 Å². The van der Waals surface area contributed by atoms with Crippen LogP contribution in [-0.2, 0) is 16.1 Å². The molecule has 2 aromatic rings. The van der Waals surface area contributed by atoms with Crippen molar-refractivity contribution in [3.05, 3.63) is 48.0 Å². The maximum absolute atomic E-state index is 13.2. The van der Waals surface area contributed by atoms with Crippen LogP contribution in [0.3, 0.4) is 0 Å². The third-order valence-electron chi connectivity index (χ3n) is 4.91. The molecule has 0 aromatic heterocycles. The van der Waals surface area contributed by atoms with Gasteiger partial charge in [0.15, 0.2) is 6.61 Å². The van der Waals surface area contributed by atoms with Crippen LogP contribution >= 0.6 is 0 Å². The lowest BCUT2D eigenvalue weighted by atomic mass is 10.1. The van der Waals surface area contributed by atoms with Crippen molar-refractivity contribution in [1.82, 2.24) is 10.2 Å². The Morgan fingerprint density at radius 1 is 0.906 bits per heavy atom. The summed E-state index contributed by atoms with van der Waals surface area (Å²) >= 11 is 0. The van der Waals surface area contributed by atoms with E-state index in [2.05, 4.69) is 5.32 Å². The molecule has 1 N–H and O–H groups in total. The molecule has 32 heavy (non-hydrogen) atoms. The molecule has 174 valence electrons. The van der Waals surface area contributed by atoms with E-state index >= 15 is 0 Å². The van der Waals surface area contributed by atoms with E-state index in [1.165, 1.54) is 19.1 Å². The first-order chi connectivity index (χ1) is 15.4. The van der Waals surface area contributed by atoms with E-state index < -0.39 is 6.04 Å². The number of rotatable bonds is 12. The fourth-order valence-electron chi connectivity index (χ4n) is 3.27. The SMILES string of the molecule is CCNC(=O)[C@@H](CC)N(Cc1cccc(OC)c1)C(=O)COc1cc(OC)cc(OC)c1. The summed E-state index contributed by atoms with van der Waals surface area (Å²) in [6.07, 6.45) is 0.467. The van der Waals surface area contributed by atoms with Gasteiger partial charge in [0.1, 0.15) is 29.0 Å². The van der Waals surface area contributed by atoms with Crippen molar-refractivity contribution in [2.75, 3.05) is 34.5 Å². The van der Waals surface area contributed by atoms with Gasteiger partial charge in [0.25, 0.3) is 5.91 Å². The highest BCUT2D eigenvalue weighted by atomic mass is 16.5. The van der Waals surface area contributed by atoms with Crippen LogP contribution in [0.15, 0.2) is 42.5 Å². The Labute approximate surface area is 189 Å². The molecule has 2 amide bonds. The zero-order valence-electron chi connectivity index (χ0n) is 19.3. The van der Waals surface area contributed by atoms with Crippen LogP contribution in [-0.4, -0.2) is 57.2 Å². The normalized spacial score (nSPS) is 11.3. The maximum atomic E-state index is 13.2. The van der Waals surface area contributed by atoms with Gasteiger partial charge in [0, 0.05) is 31.3 Å². The number of hydrogen-bond donors (Lipinski definition) is 1. The van der Waals surface area contributed by atoms with Gasteiger partial charge in [-0.15, -0.1) is 0 Å². The molecule has 1 atom stereocenters. The van der Waals surface area contributed by atoms with Gasteiger partial charge in [-0.2, -0.15) is 0 Å². The van der Waals surface area contributed by atoms with E-state index in [9.17, 15) is 9.59 Å². The van der Waals surface area contributed by atoms with E-state index in [1.54, 1.807) is 25.3 Å². The molecule has 8 heteroatoms. The highest BCUT2D eigenvalue weighted by molar-refractivity contribution is 5.88. The molecule has 2 aromatic carbocycles. The zero-order chi connectivity index (χ0) is 23.5. The van der Waals surface area contributed by atoms with Gasteiger partial charge in [-0.25, -0.2) is 0 Å². The second kappa shape index (κ2) is 12.4. The van der Waals surface area contributed by atoms with Crippen molar-refractivity contribution in [1.29, 1.82) is 0 Å². The summed E-state index contributed by atoms with van der Waals surface area (Å²) in [4.78, 5) is 27.4. The van der Waals surface area contributed by atoms with Gasteiger partial charge in [-0.3, -0.25) is 9.59 Å². The maximum Gasteiger partial charge on any atom is 0.261 e. The topological polar surface area (TPSA) is 86.3 Å². The third-order valence-corrected chi connectivity index (χ3v) is 4.91. The number of hydrogen-bond acceptors (Lipinski definition) is 6. The van der Waals surface area contributed by atoms with Gasteiger partial charge in [-0.1, -0.05) is 19.1 Å². The Morgan fingerprint density at radius 2 is 1.53 bits per heavy atom. The minimum Gasteiger partial charge on any atom is -0.497 e. The van der Waals surface area contributed by atoms with Crippen LogP contribution in [0.5, 0.6) is 23.0 Å². The Hall–Kier alpha value is -3.42. The summed E-state index contributed by atoms with van der Waals surface area (Å²) in [7, 11) is 4.66. The first-order valence-corrected chi connectivity index (χ1v) is 10.5. The second-order valence-electron chi connectivity index (χ2n) is 7.03. The molecule has 0 unspecified atom stereocenters. The number of nitrogens with one attached hydrogen (secondary N) is 1. The largest absolute Gasteiger partial charge is 0.497 e. The van der Waals surface area contributed by atoms with Gasteiger partial charge in [0.2, 0.25) is 5.91 Å². The van der Waals surface area contributed by atoms with Crippen LogP contribution in [0, 0.1) is 0 Å². The Bertz CT molecular complexity index is 880. The lowest BCUT2D eigenvalue weighted by molar-refractivity contribution is -0.142. The standard InChI is InChI=1S/C24H32N2O6/c1-6-22(24(28)25-7-2)26(15-17-9-8-10-18(11-17)29-3)23(27)16-32-21-13-19(30-4)12-20(14-21)31-5/h8-14,22H,6-7,15-16H2,1-5H3,(H,25,28)/t22-/m1/s1. The molecule has 0 saturated heterocycles. The first-order valence-electron chi connectivity index (χ1n) is 10.5. The van der Waals surface area contributed by atoms with Gasteiger partial charge in [-0.05, 0) is 31.0 Å². The van der Waals surface area contributed by atoms with Crippen molar-refractivity contribution in [3.8, 4) is 23.0 Å². The van der Waals surface area contributed by atoms with Crippen molar-refractivity contribution in [2.45, 2.75) is 32.9 Å². The second-order valence-corrected chi connectivity index (χ2v) is 7.03. The number of methoxy groups -OCH3 is 3. The van der Waals surface area contributed by atoms with Crippen molar-refractivity contribution in [2.24, 2.45) is 0 Å². The molecule has 0 aliphatic carbocycles. The minimum atomic E-state index is -0.628. The molecule has 0 aliphatic rings. The number of benzene rings is 2. The molecule has 8 nitrogen and oxygen atoms in total. The molecule has 0 fully saturated rings. The average Bonchev–Trinajstić information content (AvgIpc) is 2.82. The zero-order valence-corrected chi connectivity index (χ0v) is 19.3. The Kier molecular flexibility index (Phi) is 9.66. The summed E-state index contributed by atoms with van der Waals surface area (Å²) in [5, 5.41) is 2.81. The minimum absolute atomic E-state index is 0.200. The summed E-state index contributed by atoms with van der Waals surface area (Å²) in [6.45, 7) is 4.21. The molecule has 0 spiro atoms. The number of carbonyl (C=O) groups is 2. The molecule has 0 aliphatic heterocycles. The lowest BCUT2D eigenvalue weighted by Crippen LogP contribution is -2.50. The number of nitrogens with zero attached hydrogens (tertiary/aromatic N) is 1. The molecule has 0 radical (unpaired) electrons. The smallest absolute Gasteiger partial charge is 0.261 e. The van der Waals surface area contributed by atoms with E-state index in [0.717, 1.165) is 5.56 Å². The molecule has 0 heterocycles. The Balaban J connectivity index is 2.25. The third kappa shape index (κ3) is 6.80. The van der Waals surface area contributed by atoms with Gasteiger partial charge < -0.3 is 29.2 Å². The molecular formula is C24H32N2O6. The predicted molar refractivity (Wildman–Crippen MR) is 121 cm³/mol. The molecule has 0 saturated carbocycles. The lowest BCUT2D eigenvalue weighted by Gasteiger charge is -2.30. The predicted octanol–water partition coefficient (Wildman–Crippen LogP) is 3.03. The molecule has 0 bridgehead atoms. The van der Waals surface area contributed by atoms with Gasteiger partial charge in [0.05, 0.1) is 21.3 Å². The number of ether oxygens (including phenoxy) is 4. The average molecular weight is 445 g/mol. The fourth-order valence-corrected chi connectivity index (χ4v) is 3.27. The van der Waals surface area contributed by atoms with Crippen LogP contribution < -0.4 is 24.3 Å². The van der Waals surface area contributed by atoms with Crippen molar-refractivity contribution < 1.29 is 28.5 Å². The van der Waals surface area contributed by atoms with Crippen LogP contribution in [0.4, 0.5) is 0 Å². The van der Waals surface area contributed by atoms with Crippen LogP contribution in [0.25, 0.3) is 0 Å². The van der Waals surface area contributed by atoms with E-state index in [0.29, 0.717) is 36.0 Å². The molecule has 2 rings (SSSR count). The number of amides is 2.